The highest BCUT2D eigenvalue weighted by molar-refractivity contribution is 5.28. The van der Waals surface area contributed by atoms with Crippen LogP contribution in [0.15, 0.2) is 36.8 Å². The first kappa shape index (κ1) is 14.6. The molecule has 0 saturated carbocycles. The minimum Gasteiger partial charge on any atom is -0.497 e. The maximum Gasteiger partial charge on any atom is 0.118 e. The van der Waals surface area contributed by atoms with Crippen molar-refractivity contribution < 1.29 is 4.74 Å². The summed E-state index contributed by atoms with van der Waals surface area (Å²) in [6, 6.07) is 8.89. The van der Waals surface area contributed by atoms with Crippen LogP contribution in [0, 0.1) is 0 Å². The van der Waals surface area contributed by atoms with Gasteiger partial charge in [-0.25, -0.2) is 4.98 Å². The zero-order valence-electron chi connectivity index (χ0n) is 12.6. The highest BCUT2D eigenvalue weighted by Gasteiger charge is 2.08. The molecule has 0 saturated heterocycles. The molecule has 4 heteroatoms. The quantitative estimate of drug-likeness (QED) is 0.877. The Balaban J connectivity index is 1.97. The fourth-order valence-electron chi connectivity index (χ4n) is 2.20. The van der Waals surface area contributed by atoms with E-state index in [1.165, 1.54) is 11.3 Å². The fraction of sp³-hybridized carbons (Fsp3) is 0.438. The van der Waals surface area contributed by atoms with Crippen molar-refractivity contribution >= 4 is 0 Å². The van der Waals surface area contributed by atoms with Crippen LogP contribution in [0.2, 0.25) is 0 Å². The summed E-state index contributed by atoms with van der Waals surface area (Å²) in [4.78, 5) is 4.22. The molecule has 0 amide bonds. The van der Waals surface area contributed by atoms with Crippen LogP contribution in [0.4, 0.5) is 0 Å². The van der Waals surface area contributed by atoms with Crippen molar-refractivity contribution in [3.63, 3.8) is 0 Å². The van der Waals surface area contributed by atoms with Crippen molar-refractivity contribution in [1.82, 2.24) is 14.9 Å². The number of hydrogen-bond acceptors (Lipinski definition) is 3. The molecule has 1 N–H and O–H groups in total. The molecule has 0 radical (unpaired) electrons. The zero-order chi connectivity index (χ0) is 14.5. The number of benzene rings is 1. The van der Waals surface area contributed by atoms with E-state index in [-0.39, 0.29) is 6.04 Å². The third-order valence-electron chi connectivity index (χ3n) is 3.51. The van der Waals surface area contributed by atoms with E-state index < -0.39 is 0 Å². The molecule has 0 unspecified atom stereocenters. The number of nitrogens with zero attached hydrogens (tertiary/aromatic N) is 2. The number of hydrogen-bond donors (Lipinski definition) is 1. The van der Waals surface area contributed by atoms with Crippen LogP contribution in [0.25, 0.3) is 0 Å². The Kier molecular flexibility index (Phi) is 4.79. The number of imidazole rings is 1. The summed E-state index contributed by atoms with van der Waals surface area (Å²) < 4.78 is 7.37. The molecule has 20 heavy (non-hydrogen) atoms. The average Bonchev–Trinajstić information content (AvgIpc) is 2.93. The van der Waals surface area contributed by atoms with Crippen molar-refractivity contribution in [3.05, 3.63) is 48.0 Å². The van der Waals surface area contributed by atoms with E-state index in [1.54, 1.807) is 7.11 Å². The van der Waals surface area contributed by atoms with Gasteiger partial charge in [-0.2, -0.15) is 0 Å². The second kappa shape index (κ2) is 6.57. The minimum absolute atomic E-state index is 0.288. The predicted molar refractivity (Wildman–Crippen MR) is 80.9 cm³/mol. The Morgan fingerprint density at radius 2 is 1.90 bits per heavy atom. The summed E-state index contributed by atoms with van der Waals surface area (Å²) in [5.41, 5.74) is 2.46. The highest BCUT2D eigenvalue weighted by Crippen LogP contribution is 2.18. The lowest BCUT2D eigenvalue weighted by atomic mass is 10.1. The van der Waals surface area contributed by atoms with Crippen molar-refractivity contribution in [2.45, 2.75) is 39.4 Å². The molecule has 1 atom stereocenters. The van der Waals surface area contributed by atoms with Gasteiger partial charge in [0.15, 0.2) is 0 Å². The maximum atomic E-state index is 5.18. The Hall–Kier alpha value is -1.81. The molecule has 0 fully saturated rings. The standard InChI is InChI=1S/C16H23N3O/c1-12(2)19-11-17-9-15(19)10-18-13(3)14-5-7-16(20-4)8-6-14/h5-9,11-13,18H,10H2,1-4H3/t13-/m1/s1. The van der Waals surface area contributed by atoms with Gasteiger partial charge in [-0.1, -0.05) is 12.1 Å². The van der Waals surface area contributed by atoms with E-state index in [2.05, 4.69) is 47.8 Å². The SMILES string of the molecule is COc1ccc([C@@H](C)NCc2cncn2C(C)C)cc1. The summed E-state index contributed by atoms with van der Waals surface area (Å²) in [5.74, 6) is 0.888. The van der Waals surface area contributed by atoms with E-state index in [1.807, 2.05) is 24.7 Å². The second-order valence-corrected chi connectivity index (χ2v) is 5.26. The summed E-state index contributed by atoms with van der Waals surface area (Å²) in [7, 11) is 1.68. The zero-order valence-corrected chi connectivity index (χ0v) is 12.6. The Bertz CT molecular complexity index is 531. The summed E-state index contributed by atoms with van der Waals surface area (Å²) in [6.45, 7) is 7.30. The first-order valence-corrected chi connectivity index (χ1v) is 7.00. The van der Waals surface area contributed by atoms with Gasteiger partial charge in [-0.05, 0) is 38.5 Å². The number of ether oxygens (including phenoxy) is 1. The van der Waals surface area contributed by atoms with Crippen LogP contribution in [-0.4, -0.2) is 16.7 Å². The monoisotopic (exact) mass is 273 g/mol. The molecule has 4 nitrogen and oxygen atoms in total. The lowest BCUT2D eigenvalue weighted by Crippen LogP contribution is -2.20. The molecule has 108 valence electrons. The molecule has 1 aromatic heterocycles. The smallest absolute Gasteiger partial charge is 0.118 e. The van der Waals surface area contributed by atoms with Gasteiger partial charge in [0.25, 0.3) is 0 Å². The molecule has 0 spiro atoms. The van der Waals surface area contributed by atoms with Crippen molar-refractivity contribution in [1.29, 1.82) is 0 Å². The van der Waals surface area contributed by atoms with Crippen LogP contribution < -0.4 is 10.1 Å². The number of aromatic nitrogens is 2. The van der Waals surface area contributed by atoms with Crippen molar-refractivity contribution in [2.24, 2.45) is 0 Å². The molecule has 0 aliphatic rings. The minimum atomic E-state index is 0.288. The molecule has 1 aromatic carbocycles. The van der Waals surface area contributed by atoms with Gasteiger partial charge < -0.3 is 14.6 Å². The third-order valence-corrected chi connectivity index (χ3v) is 3.51. The Labute approximate surface area is 120 Å². The summed E-state index contributed by atoms with van der Waals surface area (Å²) in [6.07, 6.45) is 3.81. The highest BCUT2D eigenvalue weighted by atomic mass is 16.5. The van der Waals surface area contributed by atoms with Gasteiger partial charge in [-0.3, -0.25) is 0 Å². The molecular formula is C16H23N3O. The van der Waals surface area contributed by atoms with Crippen molar-refractivity contribution in [2.75, 3.05) is 7.11 Å². The Morgan fingerprint density at radius 1 is 1.20 bits per heavy atom. The Morgan fingerprint density at radius 3 is 2.50 bits per heavy atom. The summed E-state index contributed by atoms with van der Waals surface area (Å²) >= 11 is 0. The number of rotatable bonds is 6. The van der Waals surface area contributed by atoms with Crippen molar-refractivity contribution in [3.8, 4) is 5.75 Å². The van der Waals surface area contributed by atoms with Gasteiger partial charge in [0.2, 0.25) is 0 Å². The summed E-state index contributed by atoms with van der Waals surface area (Å²) in [5, 5.41) is 3.53. The second-order valence-electron chi connectivity index (χ2n) is 5.26. The van der Waals surface area contributed by atoms with E-state index in [9.17, 15) is 0 Å². The average molecular weight is 273 g/mol. The molecule has 0 aliphatic heterocycles. The third kappa shape index (κ3) is 3.39. The van der Waals surface area contributed by atoms with Gasteiger partial charge in [0.05, 0.1) is 19.1 Å². The largest absolute Gasteiger partial charge is 0.497 e. The lowest BCUT2D eigenvalue weighted by molar-refractivity contribution is 0.414. The molecule has 1 heterocycles. The van der Waals surface area contributed by atoms with Crippen LogP contribution >= 0.6 is 0 Å². The van der Waals surface area contributed by atoms with E-state index in [4.69, 9.17) is 4.74 Å². The van der Waals surface area contributed by atoms with Gasteiger partial charge in [0, 0.05) is 24.8 Å². The fourth-order valence-corrected chi connectivity index (χ4v) is 2.20. The lowest BCUT2D eigenvalue weighted by Gasteiger charge is -2.17. The molecular weight excluding hydrogens is 250 g/mol. The first-order valence-electron chi connectivity index (χ1n) is 7.00. The van der Waals surface area contributed by atoms with Crippen LogP contribution in [0.1, 0.15) is 44.1 Å². The maximum absolute atomic E-state index is 5.18. The van der Waals surface area contributed by atoms with Crippen LogP contribution in [0.5, 0.6) is 5.75 Å². The first-order chi connectivity index (χ1) is 9.61. The van der Waals surface area contributed by atoms with Crippen LogP contribution in [0.3, 0.4) is 0 Å². The molecule has 0 aliphatic carbocycles. The molecule has 0 bridgehead atoms. The van der Waals surface area contributed by atoms with E-state index >= 15 is 0 Å². The van der Waals surface area contributed by atoms with E-state index in [0.29, 0.717) is 6.04 Å². The number of methoxy groups -OCH3 is 1. The normalized spacial score (nSPS) is 12.7. The molecule has 2 rings (SSSR count). The number of nitrogens with one attached hydrogen (secondary N) is 1. The van der Waals surface area contributed by atoms with Gasteiger partial charge >= 0.3 is 0 Å². The van der Waals surface area contributed by atoms with E-state index in [0.717, 1.165) is 12.3 Å². The van der Waals surface area contributed by atoms with Gasteiger partial charge in [0.1, 0.15) is 5.75 Å². The molecule has 2 aromatic rings. The van der Waals surface area contributed by atoms with Crippen LogP contribution in [-0.2, 0) is 6.54 Å². The predicted octanol–water partition coefficient (Wildman–Crippen LogP) is 3.32. The van der Waals surface area contributed by atoms with Gasteiger partial charge in [-0.15, -0.1) is 0 Å². The topological polar surface area (TPSA) is 39.1 Å².